The molecule has 8 heteroatoms. The second-order valence-corrected chi connectivity index (χ2v) is 11.5. The second-order valence-electron chi connectivity index (χ2n) is 8.39. The van der Waals surface area contributed by atoms with Gasteiger partial charge in [0.2, 0.25) is 10.0 Å². The zero-order valence-corrected chi connectivity index (χ0v) is 20.8. The highest BCUT2D eigenvalue weighted by molar-refractivity contribution is 7.89. The van der Waals surface area contributed by atoms with Gasteiger partial charge in [-0.2, -0.15) is 0 Å². The highest BCUT2D eigenvalue weighted by atomic mass is 35.5. The van der Waals surface area contributed by atoms with Crippen LogP contribution < -0.4 is 9.60 Å². The topological polar surface area (TPSA) is 68.2 Å². The number of benzene rings is 3. The molecule has 3 aromatic carbocycles. The Bertz CT molecular complexity index is 1430. The zero-order chi connectivity index (χ0) is 23.6. The maximum absolute atomic E-state index is 13.3. The van der Waals surface area contributed by atoms with E-state index in [1.807, 2.05) is 48.5 Å². The van der Waals surface area contributed by atoms with E-state index < -0.39 is 10.0 Å². The Morgan fingerprint density at radius 2 is 1.70 bits per heavy atom. The lowest BCUT2D eigenvalue weighted by atomic mass is 9.98. The van der Waals surface area contributed by atoms with E-state index in [0.29, 0.717) is 34.1 Å². The van der Waals surface area contributed by atoms with Crippen LogP contribution in [0.15, 0.2) is 82.5 Å². The third-order valence-corrected chi connectivity index (χ3v) is 8.22. The maximum atomic E-state index is 13.3. The summed E-state index contributed by atoms with van der Waals surface area (Å²) in [6, 6.07) is 21.4. The van der Waals surface area contributed by atoms with Gasteiger partial charge in [-0.25, -0.2) is 13.1 Å². The van der Waals surface area contributed by atoms with Crippen LogP contribution in [0.1, 0.15) is 37.4 Å². The molecule has 4 rings (SSSR count). The number of rotatable bonds is 8. The van der Waals surface area contributed by atoms with Crippen molar-refractivity contribution in [3.05, 3.63) is 98.6 Å². The molecule has 1 aromatic heterocycles. The molecule has 0 amide bonds. The molecule has 172 valence electrons. The van der Waals surface area contributed by atoms with Gasteiger partial charge < -0.3 is 0 Å². The number of hydrogen-bond donors (Lipinski definition) is 1. The molecule has 0 saturated heterocycles. The maximum Gasteiger partial charge on any atom is 0.308 e. The van der Waals surface area contributed by atoms with Gasteiger partial charge in [0, 0.05) is 11.1 Å². The highest BCUT2D eigenvalue weighted by Crippen LogP contribution is 2.27. The number of thiazole rings is 1. The van der Waals surface area contributed by atoms with E-state index in [2.05, 4.69) is 18.6 Å². The third-order valence-electron chi connectivity index (χ3n) is 5.44. The second kappa shape index (κ2) is 9.81. The molecule has 0 bridgehead atoms. The molecule has 0 fully saturated rings. The molecular weight excluding hydrogens is 476 g/mol. The number of nitrogens with one attached hydrogen (secondary N) is 1. The largest absolute Gasteiger partial charge is 0.308 e. The minimum atomic E-state index is -3.79. The van der Waals surface area contributed by atoms with Crippen molar-refractivity contribution >= 4 is 43.2 Å². The summed E-state index contributed by atoms with van der Waals surface area (Å²) in [6.45, 7) is 4.46. The van der Waals surface area contributed by atoms with Crippen LogP contribution in [-0.4, -0.2) is 13.0 Å². The molecule has 1 atom stereocenters. The number of sulfonamides is 1. The van der Waals surface area contributed by atoms with E-state index in [1.54, 1.807) is 28.8 Å². The predicted molar refractivity (Wildman–Crippen MR) is 136 cm³/mol. The smallest absolute Gasteiger partial charge is 0.294 e. The van der Waals surface area contributed by atoms with Gasteiger partial charge in [0.15, 0.2) is 0 Å². The number of halogens is 1. The first-order valence-electron chi connectivity index (χ1n) is 10.7. The van der Waals surface area contributed by atoms with Gasteiger partial charge in [-0.1, -0.05) is 85.3 Å². The van der Waals surface area contributed by atoms with Crippen molar-refractivity contribution in [2.45, 2.75) is 37.8 Å². The minimum absolute atomic E-state index is 0.144. The molecule has 5 nitrogen and oxygen atoms in total. The fourth-order valence-electron chi connectivity index (χ4n) is 3.82. The van der Waals surface area contributed by atoms with Crippen LogP contribution >= 0.6 is 22.9 Å². The molecule has 0 aliphatic carbocycles. The van der Waals surface area contributed by atoms with Gasteiger partial charge >= 0.3 is 4.87 Å². The number of fused-ring (bicyclic) bond motifs is 1. The van der Waals surface area contributed by atoms with Crippen LogP contribution in [0.2, 0.25) is 5.02 Å². The third kappa shape index (κ3) is 5.38. The summed E-state index contributed by atoms with van der Waals surface area (Å²) in [4.78, 5) is 12.7. The molecular formula is C25H25ClN2O3S2. The summed E-state index contributed by atoms with van der Waals surface area (Å²) in [5, 5.41) is 0.587. The van der Waals surface area contributed by atoms with E-state index in [1.165, 1.54) is 0 Å². The van der Waals surface area contributed by atoms with Crippen molar-refractivity contribution in [2.75, 3.05) is 0 Å². The zero-order valence-electron chi connectivity index (χ0n) is 18.4. The van der Waals surface area contributed by atoms with Crippen LogP contribution in [0, 0.1) is 5.92 Å². The summed E-state index contributed by atoms with van der Waals surface area (Å²) in [5.74, 6) is 0.310. The lowest BCUT2D eigenvalue weighted by Crippen LogP contribution is -2.29. The fourth-order valence-corrected chi connectivity index (χ4v) is 6.29. The molecule has 4 aromatic rings. The Kier molecular flexibility index (Phi) is 7.05. The quantitative estimate of drug-likeness (QED) is 0.331. The fraction of sp³-hybridized carbons (Fsp3) is 0.240. The van der Waals surface area contributed by atoms with Gasteiger partial charge in [0.25, 0.3) is 0 Å². The van der Waals surface area contributed by atoms with Crippen molar-refractivity contribution in [1.29, 1.82) is 0 Å². The Morgan fingerprint density at radius 1 is 1.00 bits per heavy atom. The first-order valence-corrected chi connectivity index (χ1v) is 13.4. The van der Waals surface area contributed by atoms with E-state index >= 15 is 0 Å². The standard InChI is InChI=1S/C25H25ClN2O3S2/c1-17(2)14-22(18-8-4-3-5-9-18)27-33(30,31)20-12-13-23-24(15-20)32-25(29)28(23)16-19-10-6-7-11-21(19)26/h3-13,15,17,22,27H,14,16H2,1-2H3. The van der Waals surface area contributed by atoms with Crippen molar-refractivity contribution in [1.82, 2.24) is 9.29 Å². The lowest BCUT2D eigenvalue weighted by molar-refractivity contribution is 0.472. The predicted octanol–water partition coefficient (Wildman–Crippen LogP) is 5.83. The average Bonchev–Trinajstić information content (AvgIpc) is 3.09. The van der Waals surface area contributed by atoms with Gasteiger partial charge in [0.1, 0.15) is 0 Å². The normalized spacial score (nSPS) is 13.0. The number of aromatic nitrogens is 1. The van der Waals surface area contributed by atoms with Crippen LogP contribution in [0.4, 0.5) is 0 Å². The first-order chi connectivity index (χ1) is 15.7. The van der Waals surface area contributed by atoms with Crippen molar-refractivity contribution in [2.24, 2.45) is 5.92 Å². The van der Waals surface area contributed by atoms with E-state index in [-0.39, 0.29) is 15.8 Å². The summed E-state index contributed by atoms with van der Waals surface area (Å²) in [5.41, 5.74) is 2.44. The highest BCUT2D eigenvalue weighted by Gasteiger charge is 2.23. The number of nitrogens with zero attached hydrogens (tertiary/aromatic N) is 1. The molecule has 0 aliphatic heterocycles. The Hall–Kier alpha value is -2.45. The SMILES string of the molecule is CC(C)CC(NS(=O)(=O)c1ccc2c(c1)sc(=O)n2Cc1ccccc1Cl)c1ccccc1. The Morgan fingerprint density at radius 3 is 2.39 bits per heavy atom. The van der Waals surface area contributed by atoms with Gasteiger partial charge in [-0.05, 0) is 47.7 Å². The van der Waals surface area contributed by atoms with E-state index in [9.17, 15) is 13.2 Å². The lowest BCUT2D eigenvalue weighted by Gasteiger charge is -2.21. The summed E-state index contributed by atoms with van der Waals surface area (Å²) < 4.78 is 31.6. The molecule has 1 heterocycles. The summed E-state index contributed by atoms with van der Waals surface area (Å²) >= 11 is 7.30. The molecule has 0 radical (unpaired) electrons. The summed E-state index contributed by atoms with van der Waals surface area (Å²) in [6.07, 6.45) is 0.674. The van der Waals surface area contributed by atoms with E-state index in [0.717, 1.165) is 22.5 Å². The monoisotopic (exact) mass is 500 g/mol. The Labute approximate surface area is 202 Å². The molecule has 33 heavy (non-hydrogen) atoms. The van der Waals surface area contributed by atoms with Crippen LogP contribution in [-0.2, 0) is 16.6 Å². The summed E-state index contributed by atoms with van der Waals surface area (Å²) in [7, 11) is -3.79. The van der Waals surface area contributed by atoms with Crippen LogP contribution in [0.25, 0.3) is 10.2 Å². The van der Waals surface area contributed by atoms with Crippen molar-refractivity contribution in [3.63, 3.8) is 0 Å². The Balaban J connectivity index is 1.66. The number of hydrogen-bond acceptors (Lipinski definition) is 4. The molecule has 1 N–H and O–H groups in total. The van der Waals surface area contributed by atoms with Crippen LogP contribution in [0.5, 0.6) is 0 Å². The molecule has 0 spiro atoms. The molecule has 0 aliphatic rings. The van der Waals surface area contributed by atoms with Gasteiger partial charge in [-0.15, -0.1) is 0 Å². The van der Waals surface area contributed by atoms with Crippen molar-refractivity contribution in [3.8, 4) is 0 Å². The van der Waals surface area contributed by atoms with Gasteiger partial charge in [-0.3, -0.25) is 9.36 Å². The molecule has 1 unspecified atom stereocenters. The average molecular weight is 501 g/mol. The van der Waals surface area contributed by atoms with Crippen LogP contribution in [0.3, 0.4) is 0 Å². The van der Waals surface area contributed by atoms with E-state index in [4.69, 9.17) is 11.6 Å². The first kappa shape index (κ1) is 23.7. The molecule has 0 saturated carbocycles. The minimum Gasteiger partial charge on any atom is -0.294 e. The van der Waals surface area contributed by atoms with Gasteiger partial charge in [0.05, 0.1) is 21.7 Å². The van der Waals surface area contributed by atoms with Crippen molar-refractivity contribution < 1.29 is 8.42 Å².